The monoisotopic (exact) mass is 543 g/mol. The Morgan fingerprint density at radius 1 is 0.800 bits per heavy atom. The number of hydrogen-bond donors (Lipinski definition) is 2. The molecule has 5 rings (SSSR count). The third-order valence-corrected chi connectivity index (χ3v) is 6.64. The highest BCUT2D eigenvalue weighted by molar-refractivity contribution is 6.09. The zero-order chi connectivity index (χ0) is 28.1. The smallest absolute Gasteiger partial charge is 0.450 e. The van der Waals surface area contributed by atoms with Crippen LogP contribution in [-0.2, 0) is 16.0 Å². The molecule has 4 aromatic rings. The van der Waals surface area contributed by atoms with E-state index < -0.39 is 18.1 Å². The molecule has 2 N–H and O–H groups in total. The van der Waals surface area contributed by atoms with Crippen molar-refractivity contribution >= 4 is 18.1 Å². The molecule has 3 aromatic carbocycles. The van der Waals surface area contributed by atoms with Gasteiger partial charge in [-0.1, -0.05) is 71.9 Å². The lowest BCUT2D eigenvalue weighted by molar-refractivity contribution is -0.206. The lowest BCUT2D eigenvalue weighted by Gasteiger charge is -2.38. The van der Waals surface area contributed by atoms with Crippen LogP contribution in [0.25, 0.3) is 22.8 Å². The molecule has 204 valence electrons. The van der Waals surface area contributed by atoms with Crippen molar-refractivity contribution in [1.82, 2.24) is 15.0 Å². The molecule has 0 aliphatic carbocycles. The van der Waals surface area contributed by atoms with Gasteiger partial charge in [0.25, 0.3) is 11.7 Å². The van der Waals surface area contributed by atoms with Crippen LogP contribution in [0.15, 0.2) is 83.4 Å². The molecule has 1 saturated heterocycles. The molecule has 1 fully saturated rings. The highest BCUT2D eigenvalue weighted by Gasteiger charge is 2.42. The first-order valence-electron chi connectivity index (χ1n) is 12.5. The predicted molar refractivity (Wildman–Crippen MR) is 141 cm³/mol. The van der Waals surface area contributed by atoms with Crippen molar-refractivity contribution in [3.63, 3.8) is 0 Å². The molecule has 2 heterocycles. The molecule has 40 heavy (non-hydrogen) atoms. The van der Waals surface area contributed by atoms with Gasteiger partial charge in [-0.25, -0.2) is 9.59 Å². The van der Waals surface area contributed by atoms with E-state index in [4.69, 9.17) is 24.2 Å². The molecule has 0 spiro atoms. The van der Waals surface area contributed by atoms with E-state index in [1.54, 1.807) is 36.4 Å². The number of hydrogen-bond acceptors (Lipinski definition) is 9. The van der Waals surface area contributed by atoms with E-state index in [1.165, 1.54) is 0 Å². The first-order chi connectivity index (χ1) is 19.3. The lowest BCUT2D eigenvalue weighted by Crippen LogP contribution is -2.49. The maximum Gasteiger partial charge on any atom is 0.509 e. The Labute approximate surface area is 228 Å². The van der Waals surface area contributed by atoms with Crippen molar-refractivity contribution in [3.05, 3.63) is 95.6 Å². The fourth-order valence-electron chi connectivity index (χ4n) is 4.59. The number of ketones is 1. The van der Waals surface area contributed by atoms with Gasteiger partial charge in [0.05, 0.1) is 0 Å². The molecule has 0 bridgehead atoms. The van der Waals surface area contributed by atoms with Gasteiger partial charge in [0.15, 0.2) is 5.78 Å². The third kappa shape index (κ3) is 6.16. The van der Waals surface area contributed by atoms with Gasteiger partial charge in [-0.05, 0) is 17.7 Å². The maximum absolute atomic E-state index is 12.6. The molecule has 0 amide bonds. The summed E-state index contributed by atoms with van der Waals surface area (Å²) in [6.45, 7) is 1.36. The average Bonchev–Trinajstić information content (AvgIpc) is 3.45. The van der Waals surface area contributed by atoms with E-state index in [0.717, 1.165) is 11.1 Å². The van der Waals surface area contributed by atoms with Crippen LogP contribution in [0.3, 0.4) is 0 Å². The van der Waals surface area contributed by atoms with Crippen LogP contribution in [0.1, 0.15) is 34.3 Å². The van der Waals surface area contributed by atoms with Gasteiger partial charge in [-0.15, -0.1) is 0 Å². The lowest BCUT2D eigenvalue weighted by atomic mass is 10.0. The molecule has 0 radical (unpaired) electrons. The Balaban J connectivity index is 1.20. The fourth-order valence-corrected chi connectivity index (χ4v) is 4.59. The van der Waals surface area contributed by atoms with Gasteiger partial charge in [0.1, 0.15) is 0 Å². The van der Waals surface area contributed by atoms with Crippen LogP contribution in [0.2, 0.25) is 0 Å². The largest absolute Gasteiger partial charge is 0.509 e. The van der Waals surface area contributed by atoms with Crippen molar-refractivity contribution < 1.29 is 38.6 Å². The Hall–Kier alpha value is -5.03. The minimum Gasteiger partial charge on any atom is -0.450 e. The second-order valence-corrected chi connectivity index (χ2v) is 9.32. The number of ether oxygens (including phenoxy) is 2. The summed E-state index contributed by atoms with van der Waals surface area (Å²) in [6.07, 6.45) is -2.97. The summed E-state index contributed by atoms with van der Waals surface area (Å²) in [5, 5.41) is 22.0. The summed E-state index contributed by atoms with van der Waals surface area (Å²) >= 11 is 0. The van der Waals surface area contributed by atoms with E-state index in [-0.39, 0.29) is 18.6 Å². The summed E-state index contributed by atoms with van der Waals surface area (Å²) < 4.78 is 15.0. The van der Waals surface area contributed by atoms with Crippen LogP contribution < -0.4 is 0 Å². The van der Waals surface area contributed by atoms with E-state index >= 15 is 0 Å². The van der Waals surface area contributed by atoms with Crippen molar-refractivity contribution in [3.8, 4) is 22.8 Å². The second kappa shape index (κ2) is 11.4. The normalized spacial score (nSPS) is 14.8. The van der Waals surface area contributed by atoms with E-state index in [2.05, 4.69) is 15.0 Å². The minimum atomic E-state index is -1.69. The number of aromatic nitrogens is 2. The van der Waals surface area contributed by atoms with Crippen molar-refractivity contribution in [1.29, 1.82) is 0 Å². The number of likely N-dealkylation sites (tertiary alicyclic amines) is 1. The van der Waals surface area contributed by atoms with Crippen LogP contribution in [0, 0.1) is 0 Å². The quantitative estimate of drug-likeness (QED) is 0.169. The molecule has 1 aromatic heterocycles. The molecule has 11 nitrogen and oxygen atoms in total. The number of carbonyl (C=O) groups is 3. The van der Waals surface area contributed by atoms with E-state index in [0.29, 0.717) is 48.0 Å². The molecular weight excluding hydrogens is 518 g/mol. The Kier molecular flexibility index (Phi) is 7.56. The summed E-state index contributed by atoms with van der Waals surface area (Å²) in [5.74, 6) is -0.997. The average molecular weight is 544 g/mol. The van der Waals surface area contributed by atoms with E-state index in [9.17, 15) is 14.4 Å². The second-order valence-electron chi connectivity index (χ2n) is 9.32. The number of carbonyl (C=O) groups excluding carboxylic acids is 1. The Morgan fingerprint density at radius 2 is 1.38 bits per heavy atom. The molecule has 1 aliphatic heterocycles. The van der Waals surface area contributed by atoms with Crippen LogP contribution in [0.4, 0.5) is 9.59 Å². The zero-order valence-electron chi connectivity index (χ0n) is 21.2. The number of rotatable bonds is 8. The highest BCUT2D eigenvalue weighted by Crippen LogP contribution is 2.30. The standard InChI is InChI=1S/C29H25N3O8/c33-24(20-4-2-1-3-5-20)21-10-12-23(13-11-21)26-30-25(31-40-26)22-8-6-19(7-9-22)18-32-16-14-29(15-17-32,38-27(34)35)39-28(36)37/h1-13H,14-18H2,(H,34,35)(H,36,37). The Bertz CT molecular complexity index is 1470. The first kappa shape index (κ1) is 26.6. The van der Waals surface area contributed by atoms with Crippen molar-refractivity contribution in [2.75, 3.05) is 13.1 Å². The number of nitrogens with zero attached hydrogens (tertiary/aromatic N) is 3. The van der Waals surface area contributed by atoms with Crippen LogP contribution in [0.5, 0.6) is 0 Å². The molecule has 0 atom stereocenters. The van der Waals surface area contributed by atoms with Crippen molar-refractivity contribution in [2.24, 2.45) is 0 Å². The topological polar surface area (TPSA) is 152 Å². The molecule has 11 heteroatoms. The van der Waals surface area contributed by atoms with Crippen LogP contribution >= 0.6 is 0 Å². The predicted octanol–water partition coefficient (Wildman–Crippen LogP) is 5.32. The fraction of sp³-hybridized carbons (Fsp3) is 0.207. The van der Waals surface area contributed by atoms with E-state index in [1.807, 2.05) is 42.5 Å². The molecular formula is C29H25N3O8. The van der Waals surface area contributed by atoms with Gasteiger partial charge in [-0.2, -0.15) is 4.98 Å². The van der Waals surface area contributed by atoms with Crippen LogP contribution in [-0.4, -0.2) is 62.2 Å². The summed E-state index contributed by atoms with van der Waals surface area (Å²) in [6, 6.07) is 23.7. The first-order valence-corrected chi connectivity index (χ1v) is 12.5. The maximum atomic E-state index is 12.6. The number of carboxylic acid groups (broad SMARTS) is 2. The summed E-state index contributed by atoms with van der Waals surface area (Å²) in [4.78, 5) is 41.2. The molecule has 0 saturated carbocycles. The van der Waals surface area contributed by atoms with Gasteiger partial charge in [0.2, 0.25) is 5.82 Å². The van der Waals surface area contributed by atoms with Gasteiger partial charge < -0.3 is 24.2 Å². The highest BCUT2D eigenvalue weighted by atomic mass is 16.8. The Morgan fingerprint density at radius 3 is 1.98 bits per heavy atom. The van der Waals surface area contributed by atoms with Gasteiger partial charge >= 0.3 is 12.3 Å². The van der Waals surface area contributed by atoms with Crippen molar-refractivity contribution in [2.45, 2.75) is 25.2 Å². The number of benzene rings is 3. The van der Waals surface area contributed by atoms with Gasteiger partial charge in [0, 0.05) is 54.7 Å². The molecule has 0 unspecified atom stereocenters. The summed E-state index contributed by atoms with van der Waals surface area (Å²) in [7, 11) is 0. The SMILES string of the molecule is O=C(O)OC1(OC(=O)O)CCN(Cc2ccc(-c3noc(-c4ccc(C(=O)c5ccccc5)cc4)n3)cc2)CC1. The van der Waals surface area contributed by atoms with Gasteiger partial charge in [-0.3, -0.25) is 9.69 Å². The summed E-state index contributed by atoms with van der Waals surface area (Å²) in [5.41, 5.74) is 3.63. The third-order valence-electron chi connectivity index (χ3n) is 6.64. The zero-order valence-corrected chi connectivity index (χ0v) is 21.2. The minimum absolute atomic E-state index is 0.0653. The number of piperidine rings is 1. The molecule has 1 aliphatic rings.